The third-order valence-corrected chi connectivity index (χ3v) is 7.04. The first-order valence-electron chi connectivity index (χ1n) is 14.3. The van der Waals surface area contributed by atoms with Gasteiger partial charge in [-0.25, -0.2) is 9.36 Å². The van der Waals surface area contributed by atoms with Crippen molar-refractivity contribution in [2.45, 2.75) is 94.8 Å². The topological polar surface area (TPSA) is 361 Å². The number of carboxylic acids is 4. The molecule has 47 heavy (non-hydrogen) atoms. The van der Waals surface area contributed by atoms with E-state index in [4.69, 9.17) is 36.4 Å². The molecular formula is C25H42N5O16P. The molecule has 0 heterocycles. The van der Waals surface area contributed by atoms with Gasteiger partial charge in [0.05, 0.1) is 12.6 Å². The van der Waals surface area contributed by atoms with Gasteiger partial charge in [0.25, 0.3) is 0 Å². The minimum atomic E-state index is -5.03. The van der Waals surface area contributed by atoms with Crippen LogP contribution >= 0.6 is 7.82 Å². The third-order valence-electron chi connectivity index (χ3n) is 6.12. The van der Waals surface area contributed by atoms with Crippen LogP contribution in [0.5, 0.6) is 0 Å². The van der Waals surface area contributed by atoms with E-state index in [0.29, 0.717) is 19.4 Å². The first-order chi connectivity index (χ1) is 21.9. The van der Waals surface area contributed by atoms with Crippen LogP contribution in [0.2, 0.25) is 0 Å². The highest BCUT2D eigenvalue weighted by atomic mass is 31.2. The monoisotopic (exact) mass is 699 g/mol. The number of unbranched alkanes of at least 4 members (excludes halogenated alkanes) is 2. The number of carboxylic acid groups (broad SMARTS) is 4. The van der Waals surface area contributed by atoms with Crippen molar-refractivity contribution in [2.24, 2.45) is 11.5 Å². The summed E-state index contributed by atoms with van der Waals surface area (Å²) in [7, 11) is -5.03. The van der Waals surface area contributed by atoms with E-state index in [1.807, 2.05) is 5.32 Å². The predicted octanol–water partition coefficient (Wildman–Crippen LogP) is -1.98. The van der Waals surface area contributed by atoms with Crippen LogP contribution in [0.25, 0.3) is 0 Å². The van der Waals surface area contributed by atoms with Crippen LogP contribution in [-0.2, 0) is 52.0 Å². The summed E-state index contributed by atoms with van der Waals surface area (Å²) in [6, 6.07) is -6.78. The predicted molar refractivity (Wildman–Crippen MR) is 156 cm³/mol. The lowest BCUT2D eigenvalue weighted by Gasteiger charge is -2.25. The third kappa shape index (κ3) is 20.5. The summed E-state index contributed by atoms with van der Waals surface area (Å²) >= 11 is 0. The molecule has 0 bridgehead atoms. The fourth-order valence-corrected chi connectivity index (χ4v) is 4.40. The van der Waals surface area contributed by atoms with Gasteiger partial charge in [0.15, 0.2) is 0 Å². The fourth-order valence-electron chi connectivity index (χ4n) is 3.63. The molecule has 0 saturated heterocycles. The molecule has 0 aliphatic rings. The zero-order valence-electron chi connectivity index (χ0n) is 25.3. The number of phosphoric ester groups is 1. The Kier molecular flexibility index (Phi) is 20.4. The second kappa shape index (κ2) is 22.4. The Hall–Kier alpha value is -4.17. The second-order valence-electron chi connectivity index (χ2n) is 10.1. The molecule has 0 aromatic carbocycles. The van der Waals surface area contributed by atoms with E-state index in [1.165, 1.54) is 0 Å². The van der Waals surface area contributed by atoms with Crippen LogP contribution in [0.1, 0.15) is 70.6 Å². The Morgan fingerprint density at radius 1 is 0.617 bits per heavy atom. The number of nitrogens with one attached hydrogen (secondary N) is 3. The quantitative estimate of drug-likeness (QED) is 0.0345. The minimum Gasteiger partial charge on any atom is -0.481 e. The lowest BCUT2D eigenvalue weighted by atomic mass is 10.1. The molecule has 0 spiro atoms. The zero-order chi connectivity index (χ0) is 36.2. The van der Waals surface area contributed by atoms with E-state index in [-0.39, 0.29) is 19.4 Å². The Morgan fingerprint density at radius 2 is 1.02 bits per heavy atom. The van der Waals surface area contributed by atoms with Crippen molar-refractivity contribution in [3.8, 4) is 0 Å². The number of amides is 3. The van der Waals surface area contributed by atoms with Crippen molar-refractivity contribution >= 4 is 55.4 Å². The highest BCUT2D eigenvalue weighted by molar-refractivity contribution is 7.48. The Bertz CT molecular complexity index is 1170. The van der Waals surface area contributed by atoms with Gasteiger partial charge in [-0.15, -0.1) is 0 Å². The molecule has 0 fully saturated rings. The summed E-state index contributed by atoms with van der Waals surface area (Å²) in [5.41, 5.74) is 11.0. The summed E-state index contributed by atoms with van der Waals surface area (Å²) in [4.78, 5) is 106. The Labute approximate surface area is 268 Å². The van der Waals surface area contributed by atoms with Crippen LogP contribution in [0.4, 0.5) is 0 Å². The van der Waals surface area contributed by atoms with Crippen molar-refractivity contribution in [3.63, 3.8) is 0 Å². The Morgan fingerprint density at radius 3 is 1.47 bits per heavy atom. The minimum absolute atomic E-state index is 0.283. The number of hydrogen-bond acceptors (Lipinski definition) is 13. The maximum Gasteiger partial charge on any atom is 0.529 e. The molecule has 0 rings (SSSR count). The van der Waals surface area contributed by atoms with Gasteiger partial charge in [-0.05, 0) is 51.5 Å². The summed E-state index contributed by atoms with van der Waals surface area (Å²) < 4.78 is 21.4. The molecule has 5 atom stereocenters. The zero-order valence-corrected chi connectivity index (χ0v) is 26.2. The average molecular weight is 700 g/mol. The first kappa shape index (κ1) is 42.8. The van der Waals surface area contributed by atoms with Crippen molar-refractivity contribution in [1.82, 2.24) is 16.0 Å². The summed E-state index contributed by atoms with van der Waals surface area (Å²) in [5, 5.41) is 42.3. The summed E-state index contributed by atoms with van der Waals surface area (Å²) in [6.07, 6.45) is -3.46. The van der Waals surface area contributed by atoms with Gasteiger partial charge in [-0.2, -0.15) is 0 Å². The van der Waals surface area contributed by atoms with E-state index < -0.39 is 125 Å². The maximum absolute atomic E-state index is 13.2. The lowest BCUT2D eigenvalue weighted by Crippen LogP contribution is -2.57. The first-order valence-corrected chi connectivity index (χ1v) is 15.8. The molecule has 22 heteroatoms. The number of aliphatic carboxylic acids is 4. The van der Waals surface area contributed by atoms with E-state index in [0.717, 1.165) is 0 Å². The molecule has 0 aliphatic heterocycles. The van der Waals surface area contributed by atoms with Gasteiger partial charge in [0.1, 0.15) is 18.1 Å². The molecule has 0 aromatic rings. The SMILES string of the molecule is NCCCCCOP(=O)(O)OC(=O)[C@H](CCC(=O)O)NC(=O)[C@H](CCC(=O)O)NC(=O)[C@H](CCC(=O)O)NC(=O)[C@@H](N)CCC(=O)O. The van der Waals surface area contributed by atoms with Gasteiger partial charge in [0, 0.05) is 25.7 Å². The molecule has 0 radical (unpaired) electrons. The van der Waals surface area contributed by atoms with Crippen LogP contribution in [-0.4, -0.2) is 110 Å². The smallest absolute Gasteiger partial charge is 0.481 e. The summed E-state index contributed by atoms with van der Waals surface area (Å²) in [6.45, 7) is 0.0611. The summed E-state index contributed by atoms with van der Waals surface area (Å²) in [5.74, 6) is -10.6. The van der Waals surface area contributed by atoms with Crippen molar-refractivity contribution in [3.05, 3.63) is 0 Å². The maximum atomic E-state index is 13.2. The number of nitrogens with two attached hydrogens (primary N) is 2. The Balaban J connectivity index is 5.93. The van der Waals surface area contributed by atoms with E-state index in [9.17, 15) is 47.8 Å². The van der Waals surface area contributed by atoms with Gasteiger partial charge < -0.3 is 52.4 Å². The van der Waals surface area contributed by atoms with Gasteiger partial charge in [-0.1, -0.05) is 0 Å². The number of carbonyl (C=O) groups excluding carboxylic acids is 4. The van der Waals surface area contributed by atoms with Crippen molar-refractivity contribution < 1.29 is 77.3 Å². The normalized spacial score (nSPS) is 14.7. The number of rotatable bonds is 26. The van der Waals surface area contributed by atoms with E-state index in [2.05, 4.69) is 15.2 Å². The average Bonchev–Trinajstić information content (AvgIpc) is 2.96. The number of phosphoric acid groups is 1. The molecule has 0 aliphatic carbocycles. The van der Waals surface area contributed by atoms with Crippen LogP contribution in [0.15, 0.2) is 0 Å². The fraction of sp³-hybridized carbons (Fsp3) is 0.680. The lowest BCUT2D eigenvalue weighted by molar-refractivity contribution is -0.143. The largest absolute Gasteiger partial charge is 0.529 e. The van der Waals surface area contributed by atoms with Crippen LogP contribution in [0, 0.1) is 0 Å². The molecule has 268 valence electrons. The highest BCUT2D eigenvalue weighted by Crippen LogP contribution is 2.43. The molecule has 3 amide bonds. The van der Waals surface area contributed by atoms with Gasteiger partial charge in [-0.3, -0.25) is 43.0 Å². The van der Waals surface area contributed by atoms with Gasteiger partial charge >= 0.3 is 37.7 Å². The molecular weight excluding hydrogens is 657 g/mol. The van der Waals surface area contributed by atoms with Crippen molar-refractivity contribution in [2.75, 3.05) is 13.2 Å². The van der Waals surface area contributed by atoms with E-state index in [1.54, 1.807) is 0 Å². The number of carbonyl (C=O) groups is 8. The highest BCUT2D eigenvalue weighted by Gasteiger charge is 2.35. The van der Waals surface area contributed by atoms with Crippen LogP contribution in [0.3, 0.4) is 0 Å². The standard InChI is InChI=1S/C25H42N5O16P/c26-12-2-1-3-13-45-47(43,44)46-25(42)17(7-11-21(37)38)30-24(41)16(6-10-20(35)36)29-23(40)15(5-9-19(33)34)28-22(39)14(27)4-8-18(31)32/h14-17H,1-13,26-27H2,(H,28,39)(H,29,40)(H,30,41)(H,31,32)(H,33,34)(H,35,36)(H,37,38)(H,43,44)/t14-,15-,16-,17-/m0/s1. The van der Waals surface area contributed by atoms with Gasteiger partial charge in [0.2, 0.25) is 17.7 Å². The number of hydrogen-bond donors (Lipinski definition) is 10. The molecule has 0 saturated carbocycles. The molecule has 1 unspecified atom stereocenters. The molecule has 21 nitrogen and oxygen atoms in total. The van der Waals surface area contributed by atoms with Crippen molar-refractivity contribution in [1.29, 1.82) is 0 Å². The van der Waals surface area contributed by atoms with Crippen LogP contribution < -0.4 is 27.4 Å². The van der Waals surface area contributed by atoms with E-state index >= 15 is 0 Å². The second-order valence-corrected chi connectivity index (χ2v) is 11.5. The molecule has 0 aromatic heterocycles. The molecule has 12 N–H and O–H groups in total.